The molecule has 1 aromatic carbocycles. The molecule has 5 nitrogen and oxygen atoms in total. The van der Waals surface area contributed by atoms with E-state index in [4.69, 9.17) is 0 Å². The van der Waals surface area contributed by atoms with Gasteiger partial charge in [-0.2, -0.15) is 10.2 Å². The maximum absolute atomic E-state index is 4.57. The molecule has 5 heteroatoms. The molecule has 3 rings (SSSR count). The van der Waals surface area contributed by atoms with Crippen LogP contribution in [0.4, 0.5) is 0 Å². The molecule has 0 fully saturated rings. The molecule has 24 heavy (non-hydrogen) atoms. The second kappa shape index (κ2) is 7.45. The van der Waals surface area contributed by atoms with E-state index in [1.165, 1.54) is 22.4 Å². The van der Waals surface area contributed by atoms with Gasteiger partial charge in [0.15, 0.2) is 0 Å². The van der Waals surface area contributed by atoms with E-state index < -0.39 is 0 Å². The Kier molecular flexibility index (Phi) is 5.11. The normalized spacial score (nSPS) is 11.3. The van der Waals surface area contributed by atoms with Gasteiger partial charge in [0.05, 0.1) is 12.2 Å². The Morgan fingerprint density at radius 3 is 2.50 bits per heavy atom. The van der Waals surface area contributed by atoms with Crippen molar-refractivity contribution >= 4 is 0 Å². The molecule has 0 saturated heterocycles. The first kappa shape index (κ1) is 16.5. The first-order chi connectivity index (χ1) is 11.6. The number of benzene rings is 1. The summed E-state index contributed by atoms with van der Waals surface area (Å²) in [6, 6.07) is 10.5. The van der Waals surface area contributed by atoms with Crippen LogP contribution in [-0.2, 0) is 26.7 Å². The summed E-state index contributed by atoms with van der Waals surface area (Å²) in [6.07, 6.45) is 5.92. The maximum Gasteiger partial charge on any atom is 0.0694 e. The minimum atomic E-state index is 0.440. The van der Waals surface area contributed by atoms with Crippen molar-refractivity contribution in [3.05, 3.63) is 71.3 Å². The SMILES string of the molecule is CC(C)c1nn(C)cc1CNCc1ccccc1Cn1cccn1. The lowest BCUT2D eigenvalue weighted by atomic mass is 10.1. The van der Waals surface area contributed by atoms with Crippen LogP contribution in [0.1, 0.15) is 42.1 Å². The molecule has 0 bridgehead atoms. The molecule has 126 valence electrons. The molecule has 0 amide bonds. The Balaban J connectivity index is 1.65. The molecule has 0 unspecified atom stereocenters. The molecule has 0 spiro atoms. The number of rotatable bonds is 7. The topological polar surface area (TPSA) is 47.7 Å². The Hall–Kier alpha value is -2.40. The number of nitrogens with one attached hydrogen (secondary N) is 1. The molecule has 0 aliphatic carbocycles. The summed E-state index contributed by atoms with van der Waals surface area (Å²) >= 11 is 0. The number of hydrogen-bond acceptors (Lipinski definition) is 3. The van der Waals surface area contributed by atoms with Gasteiger partial charge in [-0.15, -0.1) is 0 Å². The molecule has 0 aliphatic heterocycles. The van der Waals surface area contributed by atoms with Gasteiger partial charge in [0, 0.05) is 44.3 Å². The molecular weight excluding hydrogens is 298 g/mol. The Bertz CT molecular complexity index is 771. The van der Waals surface area contributed by atoms with Crippen molar-refractivity contribution < 1.29 is 0 Å². The molecular formula is C19H25N5. The molecule has 1 N–H and O–H groups in total. The summed E-state index contributed by atoms with van der Waals surface area (Å²) in [5.74, 6) is 0.440. The Labute approximate surface area is 143 Å². The van der Waals surface area contributed by atoms with E-state index in [0.717, 1.165) is 19.6 Å². The molecule has 0 atom stereocenters. The van der Waals surface area contributed by atoms with Crippen LogP contribution in [0.25, 0.3) is 0 Å². The van der Waals surface area contributed by atoms with Crippen LogP contribution in [0, 0.1) is 0 Å². The fourth-order valence-electron chi connectivity index (χ4n) is 2.96. The predicted molar refractivity (Wildman–Crippen MR) is 95.6 cm³/mol. The summed E-state index contributed by atoms with van der Waals surface area (Å²) in [6.45, 7) is 6.84. The first-order valence-electron chi connectivity index (χ1n) is 8.41. The second-order valence-corrected chi connectivity index (χ2v) is 6.44. The van der Waals surface area contributed by atoms with Gasteiger partial charge in [0.25, 0.3) is 0 Å². The smallest absolute Gasteiger partial charge is 0.0694 e. The van der Waals surface area contributed by atoms with Crippen LogP contribution in [0.15, 0.2) is 48.9 Å². The summed E-state index contributed by atoms with van der Waals surface area (Å²) < 4.78 is 3.86. The molecule has 0 radical (unpaired) electrons. The van der Waals surface area contributed by atoms with Crippen LogP contribution in [0.2, 0.25) is 0 Å². The summed E-state index contributed by atoms with van der Waals surface area (Å²) in [7, 11) is 1.98. The molecule has 0 saturated carbocycles. The molecule has 3 aromatic rings. The van der Waals surface area contributed by atoms with E-state index in [9.17, 15) is 0 Å². The van der Waals surface area contributed by atoms with Gasteiger partial charge in [-0.1, -0.05) is 38.1 Å². The van der Waals surface area contributed by atoms with E-state index in [0.29, 0.717) is 5.92 Å². The van der Waals surface area contributed by atoms with E-state index >= 15 is 0 Å². The van der Waals surface area contributed by atoms with Gasteiger partial charge in [-0.25, -0.2) is 0 Å². The van der Waals surface area contributed by atoms with Gasteiger partial charge < -0.3 is 5.32 Å². The zero-order valence-corrected chi connectivity index (χ0v) is 14.6. The van der Waals surface area contributed by atoms with Crippen LogP contribution in [0.3, 0.4) is 0 Å². The highest BCUT2D eigenvalue weighted by atomic mass is 15.3. The lowest BCUT2D eigenvalue weighted by molar-refractivity contribution is 0.651. The summed E-state index contributed by atoms with van der Waals surface area (Å²) in [5, 5.41) is 12.4. The second-order valence-electron chi connectivity index (χ2n) is 6.44. The lowest BCUT2D eigenvalue weighted by Gasteiger charge is -2.11. The minimum Gasteiger partial charge on any atom is -0.308 e. The number of hydrogen-bond donors (Lipinski definition) is 1. The summed E-state index contributed by atoms with van der Waals surface area (Å²) in [5.41, 5.74) is 5.05. The average molecular weight is 323 g/mol. The Morgan fingerprint density at radius 2 is 1.79 bits per heavy atom. The molecule has 2 heterocycles. The highest BCUT2D eigenvalue weighted by Crippen LogP contribution is 2.17. The average Bonchev–Trinajstić information content (AvgIpc) is 3.18. The maximum atomic E-state index is 4.57. The van der Waals surface area contributed by atoms with Crippen molar-refractivity contribution in [1.29, 1.82) is 0 Å². The van der Waals surface area contributed by atoms with Crippen molar-refractivity contribution in [3.63, 3.8) is 0 Å². The van der Waals surface area contributed by atoms with Crippen LogP contribution < -0.4 is 5.32 Å². The van der Waals surface area contributed by atoms with Gasteiger partial charge in [-0.05, 0) is 23.1 Å². The largest absolute Gasteiger partial charge is 0.308 e. The van der Waals surface area contributed by atoms with Crippen molar-refractivity contribution in [2.75, 3.05) is 0 Å². The van der Waals surface area contributed by atoms with Crippen molar-refractivity contribution in [2.24, 2.45) is 7.05 Å². The highest BCUT2D eigenvalue weighted by molar-refractivity contribution is 5.27. The first-order valence-corrected chi connectivity index (χ1v) is 8.41. The van der Waals surface area contributed by atoms with Gasteiger partial charge in [-0.3, -0.25) is 9.36 Å². The third-order valence-corrected chi connectivity index (χ3v) is 4.12. The number of aromatic nitrogens is 4. The van der Waals surface area contributed by atoms with E-state index in [1.807, 2.05) is 34.9 Å². The fourth-order valence-corrected chi connectivity index (χ4v) is 2.96. The van der Waals surface area contributed by atoms with Crippen molar-refractivity contribution in [3.8, 4) is 0 Å². The van der Waals surface area contributed by atoms with Crippen LogP contribution >= 0.6 is 0 Å². The highest BCUT2D eigenvalue weighted by Gasteiger charge is 2.11. The van der Waals surface area contributed by atoms with E-state index in [-0.39, 0.29) is 0 Å². The van der Waals surface area contributed by atoms with Gasteiger partial charge in [0.1, 0.15) is 0 Å². The third kappa shape index (κ3) is 3.92. The van der Waals surface area contributed by atoms with E-state index in [1.54, 1.807) is 0 Å². The van der Waals surface area contributed by atoms with Crippen LogP contribution in [-0.4, -0.2) is 19.6 Å². The molecule has 0 aliphatic rings. The zero-order valence-electron chi connectivity index (χ0n) is 14.6. The van der Waals surface area contributed by atoms with Crippen LogP contribution in [0.5, 0.6) is 0 Å². The standard InChI is InChI=1S/C19H25N5/c1-15(2)19-18(13-23(3)22-19)12-20-11-16-7-4-5-8-17(16)14-24-10-6-9-21-24/h4-10,13,15,20H,11-12,14H2,1-3H3. The molecule has 2 aromatic heterocycles. The lowest BCUT2D eigenvalue weighted by Crippen LogP contribution is -2.15. The van der Waals surface area contributed by atoms with Crippen molar-refractivity contribution in [2.45, 2.75) is 39.4 Å². The van der Waals surface area contributed by atoms with Gasteiger partial charge in [0.2, 0.25) is 0 Å². The number of nitrogens with zero attached hydrogens (tertiary/aromatic N) is 4. The quantitative estimate of drug-likeness (QED) is 0.727. The fraction of sp³-hybridized carbons (Fsp3) is 0.368. The van der Waals surface area contributed by atoms with Crippen molar-refractivity contribution in [1.82, 2.24) is 24.9 Å². The summed E-state index contributed by atoms with van der Waals surface area (Å²) in [4.78, 5) is 0. The monoisotopic (exact) mass is 323 g/mol. The third-order valence-electron chi connectivity index (χ3n) is 4.12. The minimum absolute atomic E-state index is 0.440. The van der Waals surface area contributed by atoms with Gasteiger partial charge >= 0.3 is 0 Å². The zero-order chi connectivity index (χ0) is 16.9. The number of aryl methyl sites for hydroxylation is 1. The predicted octanol–water partition coefficient (Wildman–Crippen LogP) is 3.08. The van der Waals surface area contributed by atoms with E-state index in [2.05, 4.69) is 59.8 Å². The Morgan fingerprint density at radius 1 is 1.04 bits per heavy atom.